The van der Waals surface area contributed by atoms with E-state index in [0.717, 1.165) is 6.08 Å². The summed E-state index contributed by atoms with van der Waals surface area (Å²) in [5, 5.41) is 12.3. The topological polar surface area (TPSA) is 84.6 Å². The molecule has 0 fully saturated rings. The number of hydrogen-bond acceptors (Lipinski definition) is 5. The van der Waals surface area contributed by atoms with Crippen LogP contribution in [0.4, 0.5) is 13.2 Å². The monoisotopic (exact) mass is 392 g/mol. The Kier molecular flexibility index (Phi) is 5.36. The van der Waals surface area contributed by atoms with Crippen molar-refractivity contribution in [3.8, 4) is 16.9 Å². The molecular weight excluding hydrogens is 377 g/mol. The molecule has 0 saturated heterocycles. The zero-order chi connectivity index (χ0) is 20.3. The molecule has 0 aliphatic rings. The zero-order valence-electron chi connectivity index (χ0n) is 14.4. The van der Waals surface area contributed by atoms with Crippen LogP contribution in [0.5, 0.6) is 5.75 Å². The highest BCUT2D eigenvalue weighted by Crippen LogP contribution is 2.34. The van der Waals surface area contributed by atoms with Gasteiger partial charge in [-0.15, -0.1) is 13.2 Å². The number of aliphatic hydroxyl groups excluding tert-OH is 1. The van der Waals surface area contributed by atoms with Crippen molar-refractivity contribution in [2.75, 3.05) is 0 Å². The quantitative estimate of drug-likeness (QED) is 0.625. The molecule has 3 aromatic rings. The summed E-state index contributed by atoms with van der Waals surface area (Å²) in [5.41, 5.74) is 2.94. The van der Waals surface area contributed by atoms with Crippen molar-refractivity contribution in [1.82, 2.24) is 10.3 Å². The predicted molar refractivity (Wildman–Crippen MR) is 94.1 cm³/mol. The van der Waals surface area contributed by atoms with E-state index in [0.29, 0.717) is 33.4 Å². The fraction of sp³-hybridized carbons (Fsp3) is 0.158. The number of nitrogens with one attached hydrogen (secondary N) is 1. The molecule has 146 valence electrons. The van der Waals surface area contributed by atoms with Crippen molar-refractivity contribution in [2.24, 2.45) is 0 Å². The molecule has 0 atom stereocenters. The average molecular weight is 392 g/mol. The van der Waals surface area contributed by atoms with Gasteiger partial charge in [0.2, 0.25) is 5.91 Å². The number of amides is 1. The summed E-state index contributed by atoms with van der Waals surface area (Å²) < 4.78 is 46.3. The largest absolute Gasteiger partial charge is 0.573 e. The normalized spacial score (nSPS) is 11.4. The first-order valence-corrected chi connectivity index (χ1v) is 8.07. The number of aromatic nitrogens is 1. The van der Waals surface area contributed by atoms with E-state index < -0.39 is 12.3 Å². The van der Waals surface area contributed by atoms with Gasteiger partial charge in [-0.1, -0.05) is 18.7 Å². The second kappa shape index (κ2) is 7.73. The highest BCUT2D eigenvalue weighted by atomic mass is 19.4. The molecule has 1 aromatic heterocycles. The number of ether oxygens (including phenoxy) is 1. The van der Waals surface area contributed by atoms with Crippen LogP contribution in [0.25, 0.3) is 22.2 Å². The van der Waals surface area contributed by atoms with Crippen molar-refractivity contribution in [3.05, 3.63) is 60.5 Å². The lowest BCUT2D eigenvalue weighted by molar-refractivity contribution is -0.274. The molecule has 28 heavy (non-hydrogen) atoms. The molecule has 1 heterocycles. The summed E-state index contributed by atoms with van der Waals surface area (Å²) in [6.07, 6.45) is -2.45. The summed E-state index contributed by atoms with van der Waals surface area (Å²) in [6, 6.07) is 6.98. The summed E-state index contributed by atoms with van der Waals surface area (Å²) >= 11 is 0. The van der Waals surface area contributed by atoms with Crippen LogP contribution in [-0.2, 0) is 17.9 Å². The maximum absolute atomic E-state index is 12.3. The number of carbonyl (C=O) groups is 1. The minimum absolute atomic E-state index is 0.0969. The summed E-state index contributed by atoms with van der Waals surface area (Å²) in [4.78, 5) is 15.6. The molecule has 0 saturated carbocycles. The number of halogens is 3. The van der Waals surface area contributed by atoms with Gasteiger partial charge in [-0.25, -0.2) is 4.98 Å². The maximum atomic E-state index is 12.3. The van der Waals surface area contributed by atoms with Crippen molar-refractivity contribution in [1.29, 1.82) is 0 Å². The Morgan fingerprint density at radius 2 is 2.04 bits per heavy atom. The highest BCUT2D eigenvalue weighted by molar-refractivity contribution is 5.94. The number of carbonyl (C=O) groups excluding carboxylic acids is 1. The Morgan fingerprint density at radius 1 is 1.32 bits per heavy atom. The van der Waals surface area contributed by atoms with Crippen LogP contribution in [0.2, 0.25) is 0 Å². The molecule has 0 aliphatic heterocycles. The van der Waals surface area contributed by atoms with Gasteiger partial charge < -0.3 is 19.6 Å². The lowest BCUT2D eigenvalue weighted by Crippen LogP contribution is -2.21. The first-order chi connectivity index (χ1) is 13.3. The fourth-order valence-electron chi connectivity index (χ4n) is 2.77. The Hall–Kier alpha value is -3.33. The number of fused-ring (bicyclic) bond motifs is 1. The van der Waals surface area contributed by atoms with Crippen LogP contribution in [0.3, 0.4) is 0 Å². The van der Waals surface area contributed by atoms with Gasteiger partial charge in [0.1, 0.15) is 11.3 Å². The van der Waals surface area contributed by atoms with Gasteiger partial charge >= 0.3 is 6.36 Å². The molecule has 2 aromatic carbocycles. The number of benzene rings is 2. The Labute approximate surface area is 157 Å². The van der Waals surface area contributed by atoms with E-state index in [1.54, 1.807) is 6.07 Å². The Bertz CT molecular complexity index is 1010. The standard InChI is InChI=1S/C19H15F3N2O4/c1-2-16(26)23-8-12-7-14(17-18(15(12)9-25)27-10-24-17)11-3-5-13(6-4-11)28-19(20,21)22/h2-7,10,25H,1,8-9H2,(H,23,26). The van der Waals surface area contributed by atoms with Crippen LogP contribution in [0.15, 0.2) is 53.8 Å². The minimum Gasteiger partial charge on any atom is -0.443 e. The highest BCUT2D eigenvalue weighted by Gasteiger charge is 2.31. The smallest absolute Gasteiger partial charge is 0.443 e. The van der Waals surface area contributed by atoms with Gasteiger partial charge in [-0.05, 0) is 35.4 Å². The molecule has 6 nitrogen and oxygen atoms in total. The van der Waals surface area contributed by atoms with Crippen LogP contribution in [0.1, 0.15) is 11.1 Å². The molecule has 0 aliphatic carbocycles. The number of rotatable bonds is 6. The van der Waals surface area contributed by atoms with E-state index in [-0.39, 0.29) is 18.9 Å². The fourth-order valence-corrected chi connectivity index (χ4v) is 2.77. The van der Waals surface area contributed by atoms with Gasteiger partial charge in [0.25, 0.3) is 0 Å². The third-order valence-electron chi connectivity index (χ3n) is 4.00. The van der Waals surface area contributed by atoms with E-state index >= 15 is 0 Å². The lowest BCUT2D eigenvalue weighted by Gasteiger charge is -2.13. The first-order valence-electron chi connectivity index (χ1n) is 8.07. The van der Waals surface area contributed by atoms with Gasteiger partial charge in [0, 0.05) is 17.7 Å². The van der Waals surface area contributed by atoms with E-state index in [2.05, 4.69) is 21.6 Å². The van der Waals surface area contributed by atoms with Crippen LogP contribution in [-0.4, -0.2) is 22.4 Å². The summed E-state index contributed by atoms with van der Waals surface area (Å²) in [7, 11) is 0. The van der Waals surface area contributed by atoms with Crippen molar-refractivity contribution in [2.45, 2.75) is 19.5 Å². The second-order valence-electron chi connectivity index (χ2n) is 5.74. The third-order valence-corrected chi connectivity index (χ3v) is 4.00. The molecule has 9 heteroatoms. The van der Waals surface area contributed by atoms with Gasteiger partial charge in [-0.3, -0.25) is 4.79 Å². The SMILES string of the molecule is C=CC(=O)NCc1cc(-c2ccc(OC(F)(F)F)cc2)c2ncoc2c1CO. The molecule has 0 unspecified atom stereocenters. The summed E-state index contributed by atoms with van der Waals surface area (Å²) in [6.45, 7) is 3.13. The minimum atomic E-state index is -4.78. The molecule has 0 radical (unpaired) electrons. The Morgan fingerprint density at radius 3 is 2.64 bits per heavy atom. The molecule has 2 N–H and O–H groups in total. The van der Waals surface area contributed by atoms with Crippen LogP contribution >= 0.6 is 0 Å². The van der Waals surface area contributed by atoms with Crippen LogP contribution < -0.4 is 10.1 Å². The molecule has 0 bridgehead atoms. The van der Waals surface area contributed by atoms with Crippen molar-refractivity contribution in [3.63, 3.8) is 0 Å². The van der Waals surface area contributed by atoms with E-state index in [4.69, 9.17) is 4.42 Å². The van der Waals surface area contributed by atoms with Gasteiger partial charge in [0.15, 0.2) is 12.0 Å². The maximum Gasteiger partial charge on any atom is 0.573 e. The van der Waals surface area contributed by atoms with E-state index in [9.17, 15) is 23.1 Å². The van der Waals surface area contributed by atoms with Gasteiger partial charge in [0.05, 0.1) is 6.61 Å². The Balaban J connectivity index is 2.04. The van der Waals surface area contributed by atoms with Crippen molar-refractivity contribution < 1.29 is 32.2 Å². The van der Waals surface area contributed by atoms with Crippen LogP contribution in [0, 0.1) is 0 Å². The van der Waals surface area contributed by atoms with E-state index in [1.807, 2.05) is 0 Å². The first kappa shape index (κ1) is 19.4. The number of alkyl halides is 3. The van der Waals surface area contributed by atoms with E-state index in [1.165, 1.54) is 30.7 Å². The third kappa shape index (κ3) is 4.15. The molecule has 0 spiro atoms. The zero-order valence-corrected chi connectivity index (χ0v) is 14.4. The lowest BCUT2D eigenvalue weighted by atomic mass is 9.97. The average Bonchev–Trinajstić information content (AvgIpc) is 3.14. The number of oxazole rings is 1. The molecule has 3 rings (SSSR count). The predicted octanol–water partition coefficient (Wildman–Crippen LogP) is 3.69. The number of aliphatic hydroxyl groups is 1. The molecular formula is C19H15F3N2O4. The van der Waals surface area contributed by atoms with Crippen molar-refractivity contribution >= 4 is 17.0 Å². The van der Waals surface area contributed by atoms with Gasteiger partial charge in [-0.2, -0.15) is 0 Å². The number of hydrogen-bond donors (Lipinski definition) is 2. The second-order valence-corrected chi connectivity index (χ2v) is 5.74. The number of nitrogens with zero attached hydrogens (tertiary/aromatic N) is 1. The molecule has 1 amide bonds. The summed E-state index contributed by atoms with van der Waals surface area (Å²) in [5.74, 6) is -0.741.